The van der Waals surface area contributed by atoms with Gasteiger partial charge in [-0.15, -0.1) is 0 Å². The average Bonchev–Trinajstić information content (AvgIpc) is 3.17. The fourth-order valence-electron chi connectivity index (χ4n) is 4.69. The lowest BCUT2D eigenvalue weighted by Gasteiger charge is -2.20. The normalized spacial score (nSPS) is 14.8. The quantitative estimate of drug-likeness (QED) is 0.0238. The van der Waals surface area contributed by atoms with Crippen LogP contribution in [-0.2, 0) is 37.5 Å². The lowest BCUT2D eigenvalue weighted by molar-refractivity contribution is -0.161. The highest BCUT2D eigenvalue weighted by Gasteiger charge is 2.28. The lowest BCUT2D eigenvalue weighted by atomic mass is 10.1. The molecular formula is C44H70NO10P. The minimum absolute atomic E-state index is 0.118. The van der Waals surface area contributed by atoms with Crippen LogP contribution in [-0.4, -0.2) is 59.9 Å². The summed E-state index contributed by atoms with van der Waals surface area (Å²) in [7, 11) is -4.74. The van der Waals surface area contributed by atoms with E-state index >= 15 is 0 Å². The predicted molar refractivity (Wildman–Crippen MR) is 226 cm³/mol. The summed E-state index contributed by atoms with van der Waals surface area (Å²) in [5.41, 5.74) is 5.32. The molecule has 0 aliphatic heterocycles. The molecular weight excluding hydrogens is 733 g/mol. The summed E-state index contributed by atoms with van der Waals surface area (Å²) in [5.74, 6) is -2.48. The Labute approximate surface area is 336 Å². The Balaban J connectivity index is 4.55. The molecule has 0 radical (unpaired) electrons. The summed E-state index contributed by atoms with van der Waals surface area (Å²) in [4.78, 5) is 45.9. The van der Waals surface area contributed by atoms with Crippen LogP contribution >= 0.6 is 7.82 Å². The Bertz CT molecular complexity index is 1310. The van der Waals surface area contributed by atoms with Crippen LogP contribution in [0.4, 0.5) is 0 Å². The Kier molecular flexibility index (Phi) is 35.8. The SMILES string of the molecule is CC/C=C\C/C=C\C/C=C\C/C=C\CCCCCCC(=O)OC(COC(=O)CCCC/C=C\C/C=C\C/C=C\C/C=C\CC)COP(=O)(O)OCC(N)C(=O)O. The predicted octanol–water partition coefficient (Wildman–Crippen LogP) is 10.5. The number of ether oxygens (including phenoxy) is 2. The minimum atomic E-state index is -4.74. The number of carbonyl (C=O) groups excluding carboxylic acids is 2. The highest BCUT2D eigenvalue weighted by atomic mass is 31.2. The topological polar surface area (TPSA) is 172 Å². The van der Waals surface area contributed by atoms with Gasteiger partial charge in [0.25, 0.3) is 0 Å². The molecule has 0 fully saturated rings. The maximum atomic E-state index is 12.6. The van der Waals surface area contributed by atoms with E-state index < -0.39 is 51.1 Å². The van der Waals surface area contributed by atoms with Crippen molar-refractivity contribution in [3.8, 4) is 0 Å². The molecule has 0 saturated carbocycles. The van der Waals surface area contributed by atoms with Crippen molar-refractivity contribution in [3.05, 3.63) is 97.2 Å². The fourth-order valence-corrected chi connectivity index (χ4v) is 5.47. The van der Waals surface area contributed by atoms with Gasteiger partial charge in [0.1, 0.15) is 12.6 Å². The van der Waals surface area contributed by atoms with Gasteiger partial charge < -0.3 is 25.2 Å². The van der Waals surface area contributed by atoms with Crippen LogP contribution in [0.15, 0.2) is 97.2 Å². The number of unbranched alkanes of at least 4 members (excludes halogenated alkanes) is 6. The van der Waals surface area contributed by atoms with E-state index in [2.05, 4.69) is 116 Å². The maximum absolute atomic E-state index is 12.6. The summed E-state index contributed by atoms with van der Waals surface area (Å²) in [6.07, 6.45) is 47.6. The third-order valence-corrected chi connectivity index (χ3v) is 8.78. The first kappa shape index (κ1) is 52.4. The van der Waals surface area contributed by atoms with Crippen LogP contribution in [0.2, 0.25) is 0 Å². The van der Waals surface area contributed by atoms with Gasteiger partial charge in [0.05, 0.1) is 13.2 Å². The molecule has 3 atom stereocenters. The zero-order valence-electron chi connectivity index (χ0n) is 33.9. The smallest absolute Gasteiger partial charge is 0.472 e. The molecule has 12 heteroatoms. The summed E-state index contributed by atoms with van der Waals surface area (Å²) >= 11 is 0. The Morgan fingerprint density at radius 2 is 0.946 bits per heavy atom. The van der Waals surface area contributed by atoms with E-state index in [0.717, 1.165) is 89.9 Å². The van der Waals surface area contributed by atoms with Crippen molar-refractivity contribution in [1.82, 2.24) is 0 Å². The van der Waals surface area contributed by atoms with Crippen LogP contribution in [0.1, 0.15) is 129 Å². The first-order valence-electron chi connectivity index (χ1n) is 20.3. The number of nitrogens with two attached hydrogens (primary N) is 1. The third kappa shape index (κ3) is 37.3. The second-order valence-electron chi connectivity index (χ2n) is 13.0. The zero-order chi connectivity index (χ0) is 41.4. The molecule has 0 aromatic heterocycles. The molecule has 4 N–H and O–H groups in total. The van der Waals surface area contributed by atoms with Crippen LogP contribution < -0.4 is 5.73 Å². The number of aliphatic carboxylic acids is 1. The number of allylic oxidation sites excluding steroid dienone is 16. The van der Waals surface area contributed by atoms with E-state index in [0.29, 0.717) is 12.8 Å². The molecule has 0 aliphatic carbocycles. The molecule has 0 heterocycles. The lowest BCUT2D eigenvalue weighted by Crippen LogP contribution is -2.34. The van der Waals surface area contributed by atoms with Gasteiger partial charge in [-0.3, -0.25) is 23.4 Å². The van der Waals surface area contributed by atoms with Gasteiger partial charge >= 0.3 is 25.7 Å². The van der Waals surface area contributed by atoms with Crippen molar-refractivity contribution < 1.29 is 47.5 Å². The van der Waals surface area contributed by atoms with Crippen molar-refractivity contribution in [3.63, 3.8) is 0 Å². The van der Waals surface area contributed by atoms with E-state index in [4.69, 9.17) is 24.8 Å². The summed E-state index contributed by atoms with van der Waals surface area (Å²) in [6, 6.07) is -1.54. The van der Waals surface area contributed by atoms with E-state index in [9.17, 15) is 23.8 Å². The molecule has 0 rings (SSSR count). The molecule has 0 aromatic carbocycles. The molecule has 0 saturated heterocycles. The van der Waals surface area contributed by atoms with Gasteiger partial charge in [-0.05, 0) is 89.9 Å². The van der Waals surface area contributed by atoms with Crippen LogP contribution in [0.5, 0.6) is 0 Å². The molecule has 0 aromatic rings. The van der Waals surface area contributed by atoms with Crippen LogP contribution in [0.3, 0.4) is 0 Å². The summed E-state index contributed by atoms with van der Waals surface area (Å²) in [6.45, 7) is 2.47. The van der Waals surface area contributed by atoms with Gasteiger partial charge in [0, 0.05) is 12.8 Å². The summed E-state index contributed by atoms with van der Waals surface area (Å²) in [5, 5.41) is 8.88. The number of carbonyl (C=O) groups is 3. The second-order valence-corrected chi connectivity index (χ2v) is 14.5. The molecule has 0 aliphatic rings. The van der Waals surface area contributed by atoms with E-state index in [1.807, 2.05) is 0 Å². The number of hydrogen-bond donors (Lipinski definition) is 3. The Morgan fingerprint density at radius 1 is 0.554 bits per heavy atom. The third-order valence-electron chi connectivity index (χ3n) is 7.83. The molecule has 0 amide bonds. The average molecular weight is 804 g/mol. The van der Waals surface area contributed by atoms with Gasteiger partial charge in [-0.1, -0.05) is 124 Å². The molecule has 56 heavy (non-hydrogen) atoms. The molecule has 316 valence electrons. The van der Waals surface area contributed by atoms with Crippen molar-refractivity contribution in [2.75, 3.05) is 19.8 Å². The van der Waals surface area contributed by atoms with Crippen LogP contribution in [0.25, 0.3) is 0 Å². The monoisotopic (exact) mass is 803 g/mol. The van der Waals surface area contributed by atoms with Crippen molar-refractivity contribution in [1.29, 1.82) is 0 Å². The van der Waals surface area contributed by atoms with Gasteiger partial charge in [-0.2, -0.15) is 0 Å². The van der Waals surface area contributed by atoms with Crippen molar-refractivity contribution in [2.45, 2.75) is 142 Å². The highest BCUT2D eigenvalue weighted by Crippen LogP contribution is 2.43. The Hall–Kier alpha value is -3.60. The van der Waals surface area contributed by atoms with Gasteiger partial charge in [0.15, 0.2) is 6.10 Å². The van der Waals surface area contributed by atoms with Crippen molar-refractivity contribution in [2.24, 2.45) is 5.73 Å². The molecule has 0 bridgehead atoms. The number of phosphoric acid groups is 1. The molecule has 3 unspecified atom stereocenters. The van der Waals surface area contributed by atoms with E-state index in [1.165, 1.54) is 0 Å². The van der Waals surface area contributed by atoms with Crippen molar-refractivity contribution >= 4 is 25.7 Å². The number of phosphoric ester groups is 1. The van der Waals surface area contributed by atoms with Gasteiger partial charge in [-0.25, -0.2) is 4.57 Å². The first-order valence-corrected chi connectivity index (χ1v) is 21.8. The second kappa shape index (κ2) is 38.3. The summed E-state index contributed by atoms with van der Waals surface area (Å²) < 4.78 is 32.6. The van der Waals surface area contributed by atoms with E-state index in [1.54, 1.807) is 0 Å². The number of hydrogen-bond acceptors (Lipinski definition) is 9. The Morgan fingerprint density at radius 3 is 1.43 bits per heavy atom. The highest BCUT2D eigenvalue weighted by molar-refractivity contribution is 7.47. The fraction of sp³-hybridized carbons (Fsp3) is 0.568. The zero-order valence-corrected chi connectivity index (χ0v) is 34.8. The number of carboxylic acids is 1. The number of rotatable bonds is 36. The first-order chi connectivity index (χ1) is 27.1. The maximum Gasteiger partial charge on any atom is 0.472 e. The van der Waals surface area contributed by atoms with E-state index in [-0.39, 0.29) is 19.4 Å². The minimum Gasteiger partial charge on any atom is -0.480 e. The number of esters is 2. The standard InChI is InChI=1S/C44H70NO10P/c1-3-5-7-9-11-13-15-17-19-20-22-24-26-28-30-32-34-36-43(47)55-40(38-53-56(50,51)54-39-41(45)44(48)49)37-52-42(46)35-33-31-29-27-25-23-21-18-16-14-12-10-8-6-4-2/h5-8,11-14,17-19,21-22,24-25,27,40-41H,3-4,9-10,15-16,20,23,26,28-39,45H2,1-2H3,(H,48,49)(H,50,51)/b7-5-,8-6-,13-11-,14-12-,19-17-,21-18-,24-22-,27-25-. The molecule has 0 spiro atoms. The molecule has 11 nitrogen and oxygen atoms in total. The van der Waals surface area contributed by atoms with Gasteiger partial charge in [0.2, 0.25) is 0 Å². The number of carboxylic acid groups (broad SMARTS) is 1. The largest absolute Gasteiger partial charge is 0.480 e. The van der Waals surface area contributed by atoms with Crippen LogP contribution in [0, 0.1) is 0 Å².